The van der Waals surface area contributed by atoms with Crippen LogP contribution in [0.2, 0.25) is 0 Å². The third-order valence-corrected chi connectivity index (χ3v) is 5.17. The van der Waals surface area contributed by atoms with Gasteiger partial charge in [0.25, 0.3) is 0 Å². The number of carbonyl (C=O) groups is 2. The predicted octanol–water partition coefficient (Wildman–Crippen LogP) is 0.986. The fourth-order valence-corrected chi connectivity index (χ4v) is 3.45. The first-order valence-electron chi connectivity index (χ1n) is 9.21. The van der Waals surface area contributed by atoms with E-state index in [1.54, 1.807) is 0 Å². The van der Waals surface area contributed by atoms with E-state index in [1.807, 2.05) is 9.80 Å². The molecule has 3 rings (SSSR count). The summed E-state index contributed by atoms with van der Waals surface area (Å²) in [7, 11) is 0. The highest BCUT2D eigenvalue weighted by atomic mass is 35.5. The second kappa shape index (κ2) is 11.2. The minimum absolute atomic E-state index is 0. The summed E-state index contributed by atoms with van der Waals surface area (Å²) in [4.78, 5) is 30.7. The number of nitrogens with one attached hydrogen (secondary N) is 1. The first-order valence-corrected chi connectivity index (χ1v) is 9.21. The molecule has 0 aromatic carbocycles. The summed E-state index contributed by atoms with van der Waals surface area (Å²) < 4.78 is 0. The van der Waals surface area contributed by atoms with E-state index in [1.165, 1.54) is 12.8 Å². The highest BCUT2D eigenvalue weighted by Crippen LogP contribution is 2.27. The molecule has 6 nitrogen and oxygen atoms in total. The second-order valence-electron chi connectivity index (χ2n) is 7.17. The molecule has 8 heteroatoms. The van der Waals surface area contributed by atoms with Gasteiger partial charge in [-0.2, -0.15) is 0 Å². The van der Waals surface area contributed by atoms with Crippen molar-refractivity contribution < 1.29 is 9.59 Å². The molecule has 1 saturated carbocycles. The van der Waals surface area contributed by atoms with Gasteiger partial charge in [-0.25, -0.2) is 0 Å². The zero-order valence-electron chi connectivity index (χ0n) is 15.0. The molecular formula is C17H32Cl2N4O2. The van der Waals surface area contributed by atoms with Crippen molar-refractivity contribution in [3.8, 4) is 0 Å². The van der Waals surface area contributed by atoms with Gasteiger partial charge in [-0.3, -0.25) is 14.5 Å². The Morgan fingerprint density at radius 3 is 2.12 bits per heavy atom. The van der Waals surface area contributed by atoms with Crippen LogP contribution in [-0.4, -0.2) is 85.4 Å². The molecule has 0 spiro atoms. The van der Waals surface area contributed by atoms with Gasteiger partial charge in [0.2, 0.25) is 11.8 Å². The van der Waals surface area contributed by atoms with Crippen LogP contribution in [0.1, 0.15) is 32.1 Å². The van der Waals surface area contributed by atoms with Crippen molar-refractivity contribution in [1.82, 2.24) is 20.0 Å². The maximum Gasteiger partial charge on any atom is 0.236 e. The molecule has 2 heterocycles. The van der Waals surface area contributed by atoms with Crippen LogP contribution in [0.5, 0.6) is 0 Å². The van der Waals surface area contributed by atoms with E-state index in [9.17, 15) is 9.59 Å². The molecule has 1 N–H and O–H groups in total. The molecular weight excluding hydrogens is 363 g/mol. The lowest BCUT2D eigenvalue weighted by atomic mass is 10.3. The Morgan fingerprint density at radius 1 is 0.800 bits per heavy atom. The quantitative estimate of drug-likeness (QED) is 0.729. The number of likely N-dealkylation sites (tertiary alicyclic amines) is 1. The molecule has 146 valence electrons. The van der Waals surface area contributed by atoms with E-state index >= 15 is 0 Å². The van der Waals surface area contributed by atoms with Gasteiger partial charge in [0, 0.05) is 39.3 Å². The molecule has 3 fully saturated rings. The number of hydrogen-bond acceptors (Lipinski definition) is 4. The lowest BCUT2D eigenvalue weighted by Gasteiger charge is -2.24. The third-order valence-electron chi connectivity index (χ3n) is 5.17. The maximum absolute atomic E-state index is 12.3. The number of hydrogen-bond donors (Lipinski definition) is 1. The van der Waals surface area contributed by atoms with Crippen LogP contribution >= 0.6 is 24.8 Å². The fraction of sp³-hybridized carbons (Fsp3) is 0.882. The molecule has 0 bridgehead atoms. The summed E-state index contributed by atoms with van der Waals surface area (Å²) in [6.45, 7) is 7.09. The lowest BCUT2D eigenvalue weighted by molar-refractivity contribution is -0.131. The molecule has 2 aliphatic heterocycles. The number of carbonyl (C=O) groups excluding carboxylic acids is 2. The lowest BCUT2D eigenvalue weighted by Crippen LogP contribution is -2.42. The smallest absolute Gasteiger partial charge is 0.236 e. The van der Waals surface area contributed by atoms with Gasteiger partial charge in [0.1, 0.15) is 0 Å². The van der Waals surface area contributed by atoms with Crippen LogP contribution in [0.15, 0.2) is 0 Å². The Balaban J connectivity index is 0.00000156. The minimum atomic E-state index is 0. The number of nitrogens with zero attached hydrogens (tertiary/aromatic N) is 3. The molecule has 0 aromatic heterocycles. The molecule has 0 unspecified atom stereocenters. The Kier molecular flexibility index (Phi) is 10.1. The van der Waals surface area contributed by atoms with Crippen molar-refractivity contribution in [2.24, 2.45) is 5.92 Å². The van der Waals surface area contributed by atoms with E-state index in [2.05, 4.69) is 10.2 Å². The van der Waals surface area contributed by atoms with E-state index < -0.39 is 0 Å². The van der Waals surface area contributed by atoms with Crippen LogP contribution in [0.4, 0.5) is 0 Å². The zero-order chi connectivity index (χ0) is 16.1. The maximum atomic E-state index is 12.3. The second-order valence-corrected chi connectivity index (χ2v) is 7.17. The van der Waals surface area contributed by atoms with Gasteiger partial charge in [0.05, 0.1) is 13.1 Å². The van der Waals surface area contributed by atoms with E-state index in [-0.39, 0.29) is 36.6 Å². The van der Waals surface area contributed by atoms with Crippen LogP contribution in [-0.2, 0) is 9.59 Å². The minimum Gasteiger partial charge on any atom is -0.342 e. The van der Waals surface area contributed by atoms with Gasteiger partial charge in [-0.05, 0) is 44.6 Å². The van der Waals surface area contributed by atoms with E-state index in [0.717, 1.165) is 71.0 Å². The predicted molar refractivity (Wildman–Crippen MR) is 104 cm³/mol. The van der Waals surface area contributed by atoms with Crippen LogP contribution in [0.3, 0.4) is 0 Å². The number of rotatable bonds is 6. The molecule has 0 radical (unpaired) electrons. The normalized spacial score (nSPS) is 21.3. The monoisotopic (exact) mass is 394 g/mol. The standard InChI is InChI=1S/C17H30N4O2.2ClH/c22-16(13-18-12-15-4-5-15)21-9-3-6-19(10-11-21)14-17(23)20-7-1-2-8-20;;/h15,18H,1-14H2;2*1H. The van der Waals surface area contributed by atoms with Crippen LogP contribution < -0.4 is 5.32 Å². The first-order chi connectivity index (χ1) is 11.2. The zero-order valence-corrected chi connectivity index (χ0v) is 16.6. The van der Waals surface area contributed by atoms with E-state index in [4.69, 9.17) is 0 Å². The SMILES string of the molecule is Cl.Cl.O=C(CNCC1CC1)N1CCCN(CC(=O)N2CCCC2)CC1. The highest BCUT2D eigenvalue weighted by Gasteiger charge is 2.24. The summed E-state index contributed by atoms with van der Waals surface area (Å²) in [5.41, 5.74) is 0. The van der Waals surface area contributed by atoms with Gasteiger partial charge < -0.3 is 15.1 Å². The molecule has 0 aromatic rings. The average molecular weight is 395 g/mol. The molecule has 0 atom stereocenters. The Bertz CT molecular complexity index is 429. The summed E-state index contributed by atoms with van der Waals surface area (Å²) in [5.74, 6) is 1.27. The topological polar surface area (TPSA) is 55.9 Å². The van der Waals surface area contributed by atoms with Gasteiger partial charge in [-0.15, -0.1) is 24.8 Å². The molecule has 3 aliphatic rings. The Hall–Kier alpha value is -0.560. The van der Waals surface area contributed by atoms with Gasteiger partial charge in [-0.1, -0.05) is 0 Å². The largest absolute Gasteiger partial charge is 0.342 e. The van der Waals surface area contributed by atoms with Crippen molar-refractivity contribution >= 4 is 36.6 Å². The Morgan fingerprint density at radius 2 is 1.44 bits per heavy atom. The molecule has 1 aliphatic carbocycles. The summed E-state index contributed by atoms with van der Waals surface area (Å²) in [5, 5.41) is 3.28. The van der Waals surface area contributed by atoms with Crippen molar-refractivity contribution in [3.05, 3.63) is 0 Å². The third kappa shape index (κ3) is 7.29. The van der Waals surface area contributed by atoms with E-state index in [0.29, 0.717) is 13.1 Å². The first kappa shape index (κ1) is 22.5. The fourth-order valence-electron chi connectivity index (χ4n) is 3.45. The van der Waals surface area contributed by atoms with Crippen molar-refractivity contribution in [2.75, 3.05) is 58.9 Å². The van der Waals surface area contributed by atoms with Gasteiger partial charge >= 0.3 is 0 Å². The summed E-state index contributed by atoms with van der Waals surface area (Å²) >= 11 is 0. The summed E-state index contributed by atoms with van der Waals surface area (Å²) in [6, 6.07) is 0. The van der Waals surface area contributed by atoms with Crippen molar-refractivity contribution in [3.63, 3.8) is 0 Å². The van der Waals surface area contributed by atoms with Gasteiger partial charge in [0.15, 0.2) is 0 Å². The summed E-state index contributed by atoms with van der Waals surface area (Å²) in [6.07, 6.45) is 5.86. The van der Waals surface area contributed by atoms with Crippen LogP contribution in [0, 0.1) is 5.92 Å². The van der Waals surface area contributed by atoms with Crippen molar-refractivity contribution in [2.45, 2.75) is 32.1 Å². The molecule has 2 saturated heterocycles. The highest BCUT2D eigenvalue weighted by molar-refractivity contribution is 5.85. The Labute approximate surface area is 163 Å². The van der Waals surface area contributed by atoms with Crippen LogP contribution in [0.25, 0.3) is 0 Å². The number of halogens is 2. The number of amides is 2. The molecule has 2 amide bonds. The van der Waals surface area contributed by atoms with Crippen molar-refractivity contribution in [1.29, 1.82) is 0 Å². The average Bonchev–Trinajstić information content (AvgIpc) is 3.25. The molecule has 25 heavy (non-hydrogen) atoms.